The van der Waals surface area contributed by atoms with Gasteiger partial charge in [0, 0.05) is 45.0 Å². The highest BCUT2D eigenvalue weighted by Crippen LogP contribution is 2.27. The van der Waals surface area contributed by atoms with Gasteiger partial charge in [0.1, 0.15) is 17.0 Å². The number of nitrogens with one attached hydrogen (secondary N) is 2. The Labute approximate surface area is 248 Å². The molecule has 43 heavy (non-hydrogen) atoms. The monoisotopic (exact) mass is 593 g/mol. The van der Waals surface area contributed by atoms with Crippen LogP contribution < -0.4 is 16.3 Å². The van der Waals surface area contributed by atoms with Crippen molar-refractivity contribution in [2.75, 3.05) is 5.32 Å². The molecular weight excluding hydrogens is 570 g/mol. The number of para-hydroxylation sites is 1. The van der Waals surface area contributed by atoms with Gasteiger partial charge in [0.2, 0.25) is 0 Å². The lowest BCUT2D eigenvalue weighted by Gasteiger charge is -2.12. The number of benzene rings is 4. The molecule has 0 saturated heterocycles. The van der Waals surface area contributed by atoms with Crippen LogP contribution >= 0.6 is 11.8 Å². The number of nitro benzene ring substituents is 1. The van der Waals surface area contributed by atoms with Gasteiger partial charge >= 0.3 is 5.63 Å². The number of carbonyl (C=O) groups excluding carboxylic acids is 2. The van der Waals surface area contributed by atoms with Crippen LogP contribution in [0.4, 0.5) is 11.4 Å². The summed E-state index contributed by atoms with van der Waals surface area (Å²) in [5.41, 5.74) is 0.615. The number of nitrogens with zero attached hydrogens (tertiary/aromatic N) is 1. The van der Waals surface area contributed by atoms with Crippen molar-refractivity contribution in [3.05, 3.63) is 146 Å². The minimum atomic E-state index is -0.692. The van der Waals surface area contributed by atoms with Crippen molar-refractivity contribution < 1.29 is 24.0 Å². The summed E-state index contributed by atoms with van der Waals surface area (Å²) in [6, 6.07) is 27.3. The van der Waals surface area contributed by atoms with Crippen LogP contribution in [0.2, 0.25) is 0 Å². The number of amides is 2. The first kappa shape index (κ1) is 28.8. The quantitative estimate of drug-likeness (QED) is 0.0609. The van der Waals surface area contributed by atoms with Crippen molar-refractivity contribution in [3.8, 4) is 5.75 Å². The molecule has 10 nitrogen and oxygen atoms in total. The minimum absolute atomic E-state index is 0.00346. The Kier molecular flexibility index (Phi) is 8.63. The zero-order valence-corrected chi connectivity index (χ0v) is 23.2. The molecule has 11 heteroatoms. The summed E-state index contributed by atoms with van der Waals surface area (Å²) < 4.78 is 5.33. The van der Waals surface area contributed by atoms with Crippen LogP contribution in [-0.4, -0.2) is 21.8 Å². The molecule has 214 valence electrons. The molecule has 1 aromatic heterocycles. The van der Waals surface area contributed by atoms with Crippen LogP contribution in [0.3, 0.4) is 0 Å². The third-order valence-electron chi connectivity index (χ3n) is 6.24. The average molecular weight is 594 g/mol. The number of nitro groups is 1. The van der Waals surface area contributed by atoms with Crippen molar-refractivity contribution in [3.63, 3.8) is 0 Å². The molecule has 5 aromatic rings. The largest absolute Gasteiger partial charge is 0.508 e. The van der Waals surface area contributed by atoms with Gasteiger partial charge in [-0.15, -0.1) is 11.8 Å². The molecule has 0 fully saturated rings. The van der Waals surface area contributed by atoms with Gasteiger partial charge in [-0.3, -0.25) is 19.7 Å². The molecule has 4 aromatic carbocycles. The molecule has 0 atom stereocenters. The van der Waals surface area contributed by atoms with Gasteiger partial charge in [-0.1, -0.05) is 36.4 Å². The van der Waals surface area contributed by atoms with E-state index >= 15 is 0 Å². The molecule has 5 rings (SSSR count). The third-order valence-corrected chi connectivity index (χ3v) is 7.28. The Morgan fingerprint density at radius 2 is 1.70 bits per heavy atom. The molecule has 3 N–H and O–H groups in total. The SMILES string of the molecule is O=C(Nc1cccc(SCc2cc3ccc(O)cc3oc2=O)c1)/C(=C\c1ccccc1[N+](=O)[O-])NC(=O)c1ccccc1. The lowest BCUT2D eigenvalue weighted by Crippen LogP contribution is -2.30. The van der Waals surface area contributed by atoms with Crippen molar-refractivity contribution in [1.82, 2.24) is 5.32 Å². The molecule has 1 heterocycles. The van der Waals surface area contributed by atoms with Gasteiger partial charge in [0.25, 0.3) is 17.5 Å². The maximum absolute atomic E-state index is 13.4. The molecule has 0 saturated carbocycles. The number of phenols is 1. The van der Waals surface area contributed by atoms with Gasteiger partial charge in [-0.25, -0.2) is 4.79 Å². The van der Waals surface area contributed by atoms with E-state index in [4.69, 9.17) is 4.42 Å². The first-order valence-corrected chi connectivity index (χ1v) is 13.9. The first-order chi connectivity index (χ1) is 20.8. The number of carbonyl (C=O) groups is 2. The van der Waals surface area contributed by atoms with Crippen LogP contribution in [0.25, 0.3) is 17.0 Å². The molecular formula is C32H23N3O7S. The summed E-state index contributed by atoms with van der Waals surface area (Å²) >= 11 is 1.34. The van der Waals surface area contributed by atoms with Crippen LogP contribution in [0.1, 0.15) is 21.5 Å². The lowest BCUT2D eigenvalue weighted by molar-refractivity contribution is -0.385. The fraction of sp³-hybridized carbons (Fsp3) is 0.0312. The van der Waals surface area contributed by atoms with E-state index in [0.717, 1.165) is 4.90 Å². The smallest absolute Gasteiger partial charge is 0.340 e. The third kappa shape index (κ3) is 7.16. The average Bonchev–Trinajstić information content (AvgIpc) is 3.00. The fourth-order valence-electron chi connectivity index (χ4n) is 4.14. The van der Waals surface area contributed by atoms with Crippen molar-refractivity contribution in [2.24, 2.45) is 0 Å². The number of rotatable bonds is 9. The second-order valence-corrected chi connectivity index (χ2v) is 10.3. The molecule has 0 bridgehead atoms. The van der Waals surface area contributed by atoms with E-state index in [1.165, 1.54) is 48.2 Å². The standard InChI is InChI=1S/C32H23N3O7S/c36-25-14-13-22-15-23(32(39)42-29(22)18-25)19-43-26-11-6-10-24(17-26)33-31(38)27(34-30(37)20-7-2-1-3-8-20)16-21-9-4-5-12-28(21)35(40)41/h1-18,36H,19H2,(H,33,38)(H,34,37)/b27-16+. The summed E-state index contributed by atoms with van der Waals surface area (Å²) in [6.07, 6.45) is 1.26. The van der Waals surface area contributed by atoms with Crippen LogP contribution in [-0.2, 0) is 10.5 Å². The summed E-state index contributed by atoms with van der Waals surface area (Å²) in [5, 5.41) is 27.2. The summed E-state index contributed by atoms with van der Waals surface area (Å²) in [4.78, 5) is 50.5. The van der Waals surface area contributed by atoms with E-state index < -0.39 is 22.4 Å². The van der Waals surface area contributed by atoms with Gasteiger partial charge < -0.3 is 20.2 Å². The second kappa shape index (κ2) is 12.9. The van der Waals surface area contributed by atoms with Crippen LogP contribution in [0.15, 0.2) is 123 Å². The van der Waals surface area contributed by atoms with E-state index in [1.54, 1.807) is 66.7 Å². The number of hydrogen-bond donors (Lipinski definition) is 3. The Hall–Kier alpha value is -5.68. The maximum atomic E-state index is 13.4. The Bertz CT molecular complexity index is 1940. The Morgan fingerprint density at radius 3 is 2.49 bits per heavy atom. The number of anilines is 1. The summed E-state index contributed by atoms with van der Waals surface area (Å²) in [5.74, 6) is -0.972. The zero-order valence-electron chi connectivity index (χ0n) is 22.4. The van der Waals surface area contributed by atoms with Gasteiger partial charge in [0.15, 0.2) is 0 Å². The van der Waals surface area contributed by atoms with Gasteiger partial charge in [-0.2, -0.15) is 0 Å². The molecule has 0 aliphatic heterocycles. The van der Waals surface area contributed by atoms with Crippen LogP contribution in [0.5, 0.6) is 5.75 Å². The van der Waals surface area contributed by atoms with Gasteiger partial charge in [-0.05, 0) is 60.7 Å². The molecule has 0 aliphatic carbocycles. The molecule has 0 aliphatic rings. The predicted octanol–water partition coefficient (Wildman–Crippen LogP) is 6.11. The lowest BCUT2D eigenvalue weighted by atomic mass is 10.1. The molecule has 0 spiro atoms. The maximum Gasteiger partial charge on any atom is 0.340 e. The number of aromatic hydroxyl groups is 1. The zero-order chi connectivity index (χ0) is 30.3. The van der Waals surface area contributed by atoms with E-state index in [9.17, 15) is 29.6 Å². The normalized spacial score (nSPS) is 11.2. The minimum Gasteiger partial charge on any atom is -0.508 e. The molecule has 0 unspecified atom stereocenters. The van der Waals surface area contributed by atoms with Crippen LogP contribution in [0, 0.1) is 10.1 Å². The summed E-state index contributed by atoms with van der Waals surface area (Å²) in [7, 11) is 0. The first-order valence-electron chi connectivity index (χ1n) is 12.9. The number of phenolic OH excluding ortho intramolecular Hbond substituents is 1. The van der Waals surface area contributed by atoms with E-state index in [-0.39, 0.29) is 34.0 Å². The fourth-order valence-corrected chi connectivity index (χ4v) is 5.05. The Morgan fingerprint density at radius 1 is 0.930 bits per heavy atom. The highest BCUT2D eigenvalue weighted by atomic mass is 32.2. The predicted molar refractivity (Wildman–Crippen MR) is 164 cm³/mol. The summed E-state index contributed by atoms with van der Waals surface area (Å²) in [6.45, 7) is 0. The van der Waals surface area contributed by atoms with Gasteiger partial charge in [0.05, 0.1) is 10.5 Å². The van der Waals surface area contributed by atoms with E-state index in [2.05, 4.69) is 10.6 Å². The van der Waals surface area contributed by atoms with E-state index in [1.807, 2.05) is 6.07 Å². The number of thioether (sulfide) groups is 1. The molecule has 2 amide bonds. The number of hydrogen-bond acceptors (Lipinski definition) is 8. The highest BCUT2D eigenvalue weighted by Gasteiger charge is 2.18. The molecule has 0 radical (unpaired) electrons. The highest BCUT2D eigenvalue weighted by molar-refractivity contribution is 7.98. The second-order valence-electron chi connectivity index (χ2n) is 9.25. The number of fused-ring (bicyclic) bond motifs is 1. The van der Waals surface area contributed by atoms with Crippen molar-refractivity contribution in [2.45, 2.75) is 10.6 Å². The van der Waals surface area contributed by atoms with Crippen molar-refractivity contribution >= 4 is 52.0 Å². The van der Waals surface area contributed by atoms with Crippen molar-refractivity contribution in [1.29, 1.82) is 0 Å². The van der Waals surface area contributed by atoms with E-state index in [0.29, 0.717) is 22.2 Å². The topological polar surface area (TPSA) is 152 Å². The Balaban J connectivity index is 1.36.